The van der Waals surface area contributed by atoms with Crippen LogP contribution in [-0.4, -0.2) is 26.6 Å². The third kappa shape index (κ3) is 12.8. The summed E-state index contributed by atoms with van der Waals surface area (Å²) in [7, 11) is 0. The maximum absolute atomic E-state index is 10.3. The molecule has 26 heavy (non-hydrogen) atoms. The van der Waals surface area contributed by atoms with Gasteiger partial charge < -0.3 is 5.11 Å². The topological polar surface area (TPSA) is 90.7 Å². The summed E-state index contributed by atoms with van der Waals surface area (Å²) in [6, 6.07) is 6.16. The molecule has 0 radical (unpaired) electrons. The number of carboxylic acid groups (broad SMARTS) is 1. The number of pyridine rings is 1. The van der Waals surface area contributed by atoms with Crippen molar-refractivity contribution in [3.8, 4) is 0 Å². The molecule has 3 N–H and O–H groups in total. The molecule has 1 heterocycles. The first-order valence-corrected chi connectivity index (χ1v) is 8.72. The van der Waals surface area contributed by atoms with Crippen LogP contribution in [0.15, 0.2) is 24.4 Å². The summed E-state index contributed by atoms with van der Waals surface area (Å²) in [5, 5.41) is 20.5. The number of hydrogen-bond donors (Lipinski definition) is 3. The second-order valence-corrected chi connectivity index (χ2v) is 8.42. The Morgan fingerprint density at radius 1 is 1.08 bits per heavy atom. The predicted molar refractivity (Wildman–Crippen MR) is 109 cm³/mol. The fourth-order valence-electron chi connectivity index (χ4n) is 2.20. The van der Waals surface area contributed by atoms with E-state index in [1.165, 1.54) is 12.1 Å². The molecular formula is C21H41NO4. The Hall–Kier alpha value is -1.46. The average Bonchev–Trinajstić information content (AvgIpc) is 2.53. The molecule has 0 aromatic carbocycles. The molecule has 2 unspecified atom stereocenters. The Balaban J connectivity index is -0.000000386. The van der Waals surface area contributed by atoms with Crippen LogP contribution in [0.3, 0.4) is 0 Å². The smallest absolute Gasteiger partial charge is 0.306 e. The first-order chi connectivity index (χ1) is 11.4. The highest BCUT2D eigenvalue weighted by Gasteiger charge is 2.25. The predicted octanol–water partition coefficient (Wildman–Crippen LogP) is 6.10. The van der Waals surface area contributed by atoms with Gasteiger partial charge in [0, 0.05) is 11.9 Å². The Labute approximate surface area is 160 Å². The molecule has 154 valence electrons. The minimum atomic E-state index is -0.720. The standard InChI is InChI=1S/C13H21N.C7H14O2.CH4.H2O2/c1-5-11(13(2,3)4)10-12-8-6-7-9-14-12;1-5(6(8)9)7(2,3)4;;1-2/h6-9,11H,5,10H2,1-4H3;5H,1-4H3,(H,8,9);1H4;1-2H. The van der Waals surface area contributed by atoms with Gasteiger partial charge in [-0.05, 0) is 35.3 Å². The highest BCUT2D eigenvalue weighted by molar-refractivity contribution is 5.70. The van der Waals surface area contributed by atoms with Crippen LogP contribution >= 0.6 is 0 Å². The lowest BCUT2D eigenvalue weighted by Crippen LogP contribution is -2.25. The van der Waals surface area contributed by atoms with Crippen LogP contribution in [0.4, 0.5) is 0 Å². The largest absolute Gasteiger partial charge is 0.481 e. The van der Waals surface area contributed by atoms with Crippen LogP contribution in [0.25, 0.3) is 0 Å². The van der Waals surface area contributed by atoms with Gasteiger partial charge in [0.25, 0.3) is 0 Å². The summed E-state index contributed by atoms with van der Waals surface area (Å²) < 4.78 is 0. The lowest BCUT2D eigenvalue weighted by atomic mass is 9.76. The molecule has 1 aromatic rings. The molecule has 0 aliphatic carbocycles. The zero-order chi connectivity index (χ0) is 20.3. The quantitative estimate of drug-likeness (QED) is 0.439. The average molecular weight is 372 g/mol. The molecule has 0 saturated carbocycles. The van der Waals surface area contributed by atoms with Crippen molar-refractivity contribution in [2.45, 2.75) is 75.7 Å². The van der Waals surface area contributed by atoms with Gasteiger partial charge in [-0.3, -0.25) is 20.3 Å². The summed E-state index contributed by atoms with van der Waals surface area (Å²) in [6.07, 6.45) is 4.20. The zero-order valence-corrected chi connectivity index (χ0v) is 17.1. The van der Waals surface area contributed by atoms with E-state index >= 15 is 0 Å². The molecule has 0 fully saturated rings. The highest BCUT2D eigenvalue weighted by atomic mass is 17.0. The molecule has 0 spiro atoms. The van der Waals surface area contributed by atoms with Crippen molar-refractivity contribution in [1.29, 1.82) is 0 Å². The van der Waals surface area contributed by atoms with E-state index < -0.39 is 5.97 Å². The van der Waals surface area contributed by atoms with Crippen molar-refractivity contribution in [3.05, 3.63) is 30.1 Å². The van der Waals surface area contributed by atoms with Crippen molar-refractivity contribution >= 4 is 5.97 Å². The first-order valence-electron chi connectivity index (χ1n) is 8.72. The van der Waals surface area contributed by atoms with Crippen LogP contribution in [0, 0.1) is 22.7 Å². The van der Waals surface area contributed by atoms with Gasteiger partial charge in [0.05, 0.1) is 5.92 Å². The third-order valence-electron chi connectivity index (χ3n) is 4.57. The summed E-state index contributed by atoms with van der Waals surface area (Å²) >= 11 is 0. The molecular weight excluding hydrogens is 330 g/mol. The highest BCUT2D eigenvalue weighted by Crippen LogP contribution is 2.30. The molecule has 2 atom stereocenters. The molecule has 0 bridgehead atoms. The first kappa shape index (κ1) is 29.3. The number of rotatable bonds is 4. The fraction of sp³-hybridized carbons (Fsp3) is 0.714. The Morgan fingerprint density at radius 3 is 1.81 bits per heavy atom. The SMILES string of the molecule is C.CC(C(=O)O)C(C)(C)C.CCC(Cc1ccccn1)C(C)(C)C.OO. The van der Waals surface area contributed by atoms with Crippen LogP contribution in [0.2, 0.25) is 0 Å². The number of carbonyl (C=O) groups is 1. The maximum Gasteiger partial charge on any atom is 0.306 e. The van der Waals surface area contributed by atoms with Crippen molar-refractivity contribution in [3.63, 3.8) is 0 Å². The van der Waals surface area contributed by atoms with E-state index in [1.54, 1.807) is 6.92 Å². The minimum absolute atomic E-state index is 0. The van der Waals surface area contributed by atoms with Crippen LogP contribution in [0.1, 0.15) is 74.9 Å². The van der Waals surface area contributed by atoms with Crippen LogP contribution in [-0.2, 0) is 11.2 Å². The number of hydrogen-bond acceptors (Lipinski definition) is 4. The van der Waals surface area contributed by atoms with Crippen molar-refractivity contribution in [1.82, 2.24) is 4.98 Å². The summed E-state index contributed by atoms with van der Waals surface area (Å²) in [4.78, 5) is 14.7. The number of aromatic nitrogens is 1. The summed E-state index contributed by atoms with van der Waals surface area (Å²) in [6.45, 7) is 16.7. The number of carboxylic acids is 1. The molecule has 1 rings (SSSR count). The molecule has 5 heteroatoms. The minimum Gasteiger partial charge on any atom is -0.481 e. The van der Waals surface area contributed by atoms with Gasteiger partial charge in [-0.2, -0.15) is 0 Å². The van der Waals surface area contributed by atoms with E-state index in [2.05, 4.69) is 44.8 Å². The lowest BCUT2D eigenvalue weighted by molar-refractivity contribution is -0.176. The second kappa shape index (κ2) is 13.7. The zero-order valence-electron chi connectivity index (χ0n) is 17.1. The normalized spacial score (nSPS) is 13.0. The van der Waals surface area contributed by atoms with Crippen LogP contribution < -0.4 is 0 Å². The maximum atomic E-state index is 10.3. The summed E-state index contributed by atoms with van der Waals surface area (Å²) in [5.41, 5.74) is 1.48. The van der Waals surface area contributed by atoms with Gasteiger partial charge in [0.15, 0.2) is 0 Å². The third-order valence-corrected chi connectivity index (χ3v) is 4.57. The molecule has 0 aliphatic heterocycles. The summed E-state index contributed by atoms with van der Waals surface area (Å²) in [5.74, 6) is -0.266. The van der Waals surface area contributed by atoms with Gasteiger partial charge >= 0.3 is 5.97 Å². The van der Waals surface area contributed by atoms with E-state index in [0.29, 0.717) is 5.41 Å². The Kier molecular flexibility index (Phi) is 15.4. The molecule has 0 amide bonds. The van der Waals surface area contributed by atoms with Gasteiger partial charge in [0.2, 0.25) is 0 Å². The second-order valence-electron chi connectivity index (χ2n) is 8.42. The van der Waals surface area contributed by atoms with Crippen LogP contribution in [0.5, 0.6) is 0 Å². The van der Waals surface area contributed by atoms with Gasteiger partial charge in [-0.1, -0.05) is 75.3 Å². The fourth-order valence-corrected chi connectivity index (χ4v) is 2.20. The van der Waals surface area contributed by atoms with E-state index in [-0.39, 0.29) is 18.8 Å². The Morgan fingerprint density at radius 2 is 1.58 bits per heavy atom. The number of aliphatic carboxylic acids is 1. The van der Waals surface area contributed by atoms with E-state index in [4.69, 9.17) is 15.6 Å². The number of nitrogens with zero attached hydrogens (tertiary/aromatic N) is 1. The molecule has 0 saturated heterocycles. The monoisotopic (exact) mass is 371 g/mol. The van der Waals surface area contributed by atoms with E-state index in [1.807, 2.05) is 33.0 Å². The molecule has 0 aliphatic rings. The van der Waals surface area contributed by atoms with E-state index in [0.717, 1.165) is 12.3 Å². The Bertz CT molecular complexity index is 461. The van der Waals surface area contributed by atoms with Crippen molar-refractivity contribution < 1.29 is 20.4 Å². The van der Waals surface area contributed by atoms with Gasteiger partial charge in [-0.25, -0.2) is 0 Å². The van der Waals surface area contributed by atoms with Gasteiger partial charge in [-0.15, -0.1) is 0 Å². The van der Waals surface area contributed by atoms with Crippen molar-refractivity contribution in [2.75, 3.05) is 0 Å². The van der Waals surface area contributed by atoms with Gasteiger partial charge in [0.1, 0.15) is 0 Å². The molecule has 1 aromatic heterocycles. The lowest BCUT2D eigenvalue weighted by Gasteiger charge is -2.29. The van der Waals surface area contributed by atoms with Crippen molar-refractivity contribution in [2.24, 2.45) is 22.7 Å². The van der Waals surface area contributed by atoms with E-state index in [9.17, 15) is 4.79 Å². The molecule has 5 nitrogen and oxygen atoms in total.